The highest BCUT2D eigenvalue weighted by Crippen LogP contribution is 2.13. The molecule has 0 fully saturated rings. The number of hydrogen-bond donors (Lipinski definition) is 1. The summed E-state index contributed by atoms with van der Waals surface area (Å²) in [7, 11) is 0. The first-order valence-electron chi connectivity index (χ1n) is 5.68. The summed E-state index contributed by atoms with van der Waals surface area (Å²) in [6.45, 7) is 4.08. The molecule has 0 saturated heterocycles. The molecule has 2 rings (SSSR count). The first-order chi connectivity index (χ1) is 7.90. The molecule has 2 aromatic heterocycles. The summed E-state index contributed by atoms with van der Waals surface area (Å²) in [6, 6.07) is 6.25. The fraction of sp³-hybridized carbons (Fsp3) is 0.417. The maximum atomic E-state index is 4.31. The molecule has 4 heteroatoms. The van der Waals surface area contributed by atoms with E-state index in [1.165, 1.54) is 17.7 Å². The Kier molecular flexibility index (Phi) is 3.99. The van der Waals surface area contributed by atoms with E-state index in [4.69, 9.17) is 0 Å². The van der Waals surface area contributed by atoms with Crippen LogP contribution in [0.1, 0.15) is 24.6 Å². The summed E-state index contributed by atoms with van der Waals surface area (Å²) in [5.74, 6) is 1.11. The molecule has 86 valence electrons. The molecule has 0 spiro atoms. The summed E-state index contributed by atoms with van der Waals surface area (Å²) >= 11 is 1.78. The van der Waals surface area contributed by atoms with Crippen molar-refractivity contribution in [3.05, 3.63) is 34.7 Å². The highest BCUT2D eigenvalue weighted by molar-refractivity contribution is 7.09. The fourth-order valence-corrected chi connectivity index (χ4v) is 2.20. The average molecular weight is 235 g/mol. The van der Waals surface area contributed by atoms with Crippen LogP contribution in [0.5, 0.6) is 0 Å². The Bertz CT molecular complexity index is 406. The molecule has 0 radical (unpaired) electrons. The van der Waals surface area contributed by atoms with Gasteiger partial charge in [-0.15, -0.1) is 11.3 Å². The Morgan fingerprint density at radius 2 is 2.38 bits per heavy atom. The van der Waals surface area contributed by atoms with Gasteiger partial charge in [0.05, 0.1) is 12.7 Å². The largest absolute Gasteiger partial charge is 0.365 e. The topological polar surface area (TPSA) is 29.9 Å². The molecule has 0 amide bonds. The Balaban J connectivity index is 1.91. The van der Waals surface area contributed by atoms with Crippen LogP contribution in [0.3, 0.4) is 0 Å². The van der Waals surface area contributed by atoms with Gasteiger partial charge in [-0.3, -0.25) is 0 Å². The molecule has 0 aliphatic heterocycles. The van der Waals surface area contributed by atoms with E-state index in [9.17, 15) is 0 Å². The number of nitrogens with one attached hydrogen (secondary N) is 1. The maximum absolute atomic E-state index is 4.31. The predicted molar refractivity (Wildman–Crippen MR) is 68.8 cm³/mol. The van der Waals surface area contributed by atoms with Gasteiger partial charge in [-0.05, 0) is 17.9 Å². The number of unbranched alkanes of at least 4 members (excludes halogenated alkanes) is 1. The van der Waals surface area contributed by atoms with Crippen LogP contribution in [0, 0.1) is 0 Å². The van der Waals surface area contributed by atoms with E-state index in [1.54, 1.807) is 11.3 Å². The lowest BCUT2D eigenvalue weighted by Gasteiger charge is -2.08. The molecular formula is C12H17N3S. The van der Waals surface area contributed by atoms with Crippen LogP contribution < -0.4 is 5.32 Å². The molecule has 0 saturated carbocycles. The highest BCUT2D eigenvalue weighted by Gasteiger charge is 2.01. The van der Waals surface area contributed by atoms with Crippen molar-refractivity contribution in [2.45, 2.75) is 32.9 Å². The number of aryl methyl sites for hydroxylation is 1. The van der Waals surface area contributed by atoms with Crippen LogP contribution in [0.25, 0.3) is 0 Å². The van der Waals surface area contributed by atoms with Crippen LogP contribution >= 0.6 is 11.3 Å². The molecule has 16 heavy (non-hydrogen) atoms. The summed E-state index contributed by atoms with van der Waals surface area (Å²) in [4.78, 5) is 1.35. The molecule has 0 atom stereocenters. The minimum absolute atomic E-state index is 0.884. The zero-order valence-corrected chi connectivity index (χ0v) is 10.3. The van der Waals surface area contributed by atoms with Gasteiger partial charge in [-0.1, -0.05) is 19.4 Å². The SMILES string of the molecule is CCCCn1nccc1NCc1cccs1. The summed E-state index contributed by atoms with van der Waals surface area (Å²) in [5, 5.41) is 9.83. The Morgan fingerprint density at radius 3 is 3.12 bits per heavy atom. The number of nitrogens with zero attached hydrogens (tertiary/aromatic N) is 2. The first-order valence-corrected chi connectivity index (χ1v) is 6.56. The second-order valence-electron chi connectivity index (χ2n) is 3.73. The van der Waals surface area contributed by atoms with Crippen LogP contribution in [-0.4, -0.2) is 9.78 Å². The lowest BCUT2D eigenvalue weighted by Crippen LogP contribution is -2.07. The summed E-state index contributed by atoms with van der Waals surface area (Å²) < 4.78 is 2.04. The normalized spacial score (nSPS) is 10.6. The van der Waals surface area contributed by atoms with Gasteiger partial charge < -0.3 is 5.32 Å². The third kappa shape index (κ3) is 2.85. The average Bonchev–Trinajstić information content (AvgIpc) is 2.94. The van der Waals surface area contributed by atoms with Crippen molar-refractivity contribution < 1.29 is 0 Å². The minimum Gasteiger partial charge on any atom is -0.365 e. The van der Waals surface area contributed by atoms with Gasteiger partial charge in [-0.25, -0.2) is 4.68 Å². The monoisotopic (exact) mass is 235 g/mol. The third-order valence-corrected chi connectivity index (χ3v) is 3.34. The molecule has 0 bridgehead atoms. The van der Waals surface area contributed by atoms with Crippen molar-refractivity contribution in [3.63, 3.8) is 0 Å². The molecule has 0 aliphatic rings. The van der Waals surface area contributed by atoms with Crippen LogP contribution in [-0.2, 0) is 13.1 Å². The fourth-order valence-electron chi connectivity index (χ4n) is 1.56. The standard InChI is InChI=1S/C12H17N3S/c1-2-3-8-15-12(6-7-14-15)13-10-11-5-4-9-16-11/h4-7,9,13H,2-3,8,10H2,1H3. The van der Waals surface area contributed by atoms with Gasteiger partial charge >= 0.3 is 0 Å². The maximum Gasteiger partial charge on any atom is 0.124 e. The zero-order chi connectivity index (χ0) is 11.2. The van der Waals surface area contributed by atoms with E-state index >= 15 is 0 Å². The predicted octanol–water partition coefficient (Wildman–Crippen LogP) is 3.36. The molecule has 2 heterocycles. The van der Waals surface area contributed by atoms with Gasteiger partial charge in [-0.2, -0.15) is 5.10 Å². The Morgan fingerprint density at radius 1 is 1.44 bits per heavy atom. The van der Waals surface area contributed by atoms with E-state index in [1.807, 2.05) is 16.9 Å². The number of aromatic nitrogens is 2. The molecule has 0 aliphatic carbocycles. The molecule has 1 N–H and O–H groups in total. The Hall–Kier alpha value is -1.29. The number of hydrogen-bond acceptors (Lipinski definition) is 3. The van der Waals surface area contributed by atoms with Crippen LogP contribution in [0.15, 0.2) is 29.8 Å². The van der Waals surface area contributed by atoms with E-state index in [0.29, 0.717) is 0 Å². The number of anilines is 1. The highest BCUT2D eigenvalue weighted by atomic mass is 32.1. The lowest BCUT2D eigenvalue weighted by molar-refractivity contribution is 0.576. The first kappa shape index (κ1) is 11.2. The van der Waals surface area contributed by atoms with Crippen molar-refractivity contribution in [2.24, 2.45) is 0 Å². The second-order valence-corrected chi connectivity index (χ2v) is 4.76. The summed E-state index contributed by atoms with van der Waals surface area (Å²) in [5.41, 5.74) is 0. The van der Waals surface area contributed by atoms with E-state index in [2.05, 4.69) is 34.9 Å². The number of thiophene rings is 1. The van der Waals surface area contributed by atoms with Crippen molar-refractivity contribution in [2.75, 3.05) is 5.32 Å². The van der Waals surface area contributed by atoms with Gasteiger partial charge in [0.25, 0.3) is 0 Å². The van der Waals surface area contributed by atoms with E-state index in [-0.39, 0.29) is 0 Å². The Labute approximate surface area is 100 Å². The van der Waals surface area contributed by atoms with Gasteiger partial charge in [0.2, 0.25) is 0 Å². The molecule has 0 aromatic carbocycles. The lowest BCUT2D eigenvalue weighted by atomic mass is 10.3. The third-order valence-electron chi connectivity index (χ3n) is 2.46. The van der Waals surface area contributed by atoms with Crippen molar-refractivity contribution in [1.82, 2.24) is 9.78 Å². The smallest absolute Gasteiger partial charge is 0.124 e. The minimum atomic E-state index is 0.884. The van der Waals surface area contributed by atoms with E-state index < -0.39 is 0 Å². The molecule has 3 nitrogen and oxygen atoms in total. The van der Waals surface area contributed by atoms with Gasteiger partial charge in [0, 0.05) is 17.5 Å². The summed E-state index contributed by atoms with van der Waals surface area (Å²) in [6.07, 6.45) is 4.23. The van der Waals surface area contributed by atoms with Crippen molar-refractivity contribution >= 4 is 17.2 Å². The van der Waals surface area contributed by atoms with Gasteiger partial charge in [0.15, 0.2) is 0 Å². The van der Waals surface area contributed by atoms with Gasteiger partial charge in [0.1, 0.15) is 5.82 Å². The van der Waals surface area contributed by atoms with Crippen LogP contribution in [0.4, 0.5) is 5.82 Å². The van der Waals surface area contributed by atoms with Crippen LogP contribution in [0.2, 0.25) is 0 Å². The van der Waals surface area contributed by atoms with Crippen molar-refractivity contribution in [3.8, 4) is 0 Å². The van der Waals surface area contributed by atoms with E-state index in [0.717, 1.165) is 18.9 Å². The number of rotatable bonds is 6. The molecular weight excluding hydrogens is 218 g/mol. The zero-order valence-electron chi connectivity index (χ0n) is 9.52. The molecule has 0 unspecified atom stereocenters. The second kappa shape index (κ2) is 5.70. The quantitative estimate of drug-likeness (QED) is 0.832. The van der Waals surface area contributed by atoms with Crippen molar-refractivity contribution in [1.29, 1.82) is 0 Å². The molecule has 2 aromatic rings.